The Morgan fingerprint density at radius 2 is 1.20 bits per heavy atom. The molecule has 1 aliphatic heterocycles. The minimum Gasteiger partial charge on any atom is -0.452 e. The summed E-state index contributed by atoms with van der Waals surface area (Å²) in [6, 6.07) is 22.0. The second kappa shape index (κ2) is 9.81. The molecule has 1 fully saturated rings. The molecule has 6 nitrogen and oxygen atoms in total. The number of esters is 1. The molecule has 3 aromatic rings. The third kappa shape index (κ3) is 3.70. The molecule has 0 radical (unpaired) electrons. The average molecular weight is 591 g/mol. The molecule has 41 heavy (non-hydrogen) atoms. The van der Waals surface area contributed by atoms with Crippen LogP contribution in [-0.4, -0.2) is 40.6 Å². The molecule has 2 amide bonds. The largest absolute Gasteiger partial charge is 0.452 e. The molecule has 3 aliphatic carbocycles. The van der Waals surface area contributed by atoms with Gasteiger partial charge in [0.15, 0.2) is 6.10 Å². The molecular formula is C33H29Cl2NO5. The van der Waals surface area contributed by atoms with Gasteiger partial charge in [0.25, 0.3) is 0 Å². The van der Waals surface area contributed by atoms with Crippen LogP contribution in [0.5, 0.6) is 0 Å². The van der Waals surface area contributed by atoms with Crippen molar-refractivity contribution in [3.05, 3.63) is 107 Å². The smallest absolute Gasteiger partial charge is 0.330 e. The van der Waals surface area contributed by atoms with E-state index in [0.717, 1.165) is 4.90 Å². The lowest BCUT2D eigenvalue weighted by Gasteiger charge is -2.54. The SMILES string of the molecule is CC[C@@H](OC(=O)[C@H](C(C)C)N1C(=O)[C@@H]2[C@H](C1=O)C1(Cl)c3ccccc3C2(Cl)c2ccccc21)C(=O)c1ccccc1. The highest BCUT2D eigenvalue weighted by Crippen LogP contribution is 2.69. The highest BCUT2D eigenvalue weighted by Gasteiger charge is 2.74. The molecule has 4 aliphatic rings. The third-order valence-electron chi connectivity index (χ3n) is 8.75. The van der Waals surface area contributed by atoms with Crippen molar-refractivity contribution in [2.75, 3.05) is 0 Å². The Morgan fingerprint density at radius 1 is 0.780 bits per heavy atom. The second-order valence-electron chi connectivity index (χ2n) is 11.3. The number of carbonyl (C=O) groups excluding carboxylic acids is 4. The number of imide groups is 1. The van der Waals surface area contributed by atoms with Gasteiger partial charge in [0.05, 0.1) is 11.8 Å². The zero-order valence-electron chi connectivity index (χ0n) is 22.8. The minimum atomic E-state index is -1.35. The number of rotatable bonds is 7. The maximum atomic E-state index is 14.4. The van der Waals surface area contributed by atoms with Crippen molar-refractivity contribution in [2.24, 2.45) is 17.8 Å². The van der Waals surface area contributed by atoms with Crippen molar-refractivity contribution >= 4 is 46.8 Å². The summed E-state index contributed by atoms with van der Waals surface area (Å²) in [4.78, 5) is 53.9. The Kier molecular flexibility index (Phi) is 6.63. The Bertz CT molecular complexity index is 1460. The van der Waals surface area contributed by atoms with E-state index in [9.17, 15) is 19.2 Å². The van der Waals surface area contributed by atoms with Crippen molar-refractivity contribution < 1.29 is 23.9 Å². The van der Waals surface area contributed by atoms with Gasteiger partial charge in [-0.25, -0.2) is 4.79 Å². The first-order valence-electron chi connectivity index (χ1n) is 13.8. The number of benzene rings is 3. The van der Waals surface area contributed by atoms with Crippen LogP contribution in [0.2, 0.25) is 0 Å². The number of amides is 2. The lowest BCUT2D eigenvalue weighted by molar-refractivity contribution is -0.163. The van der Waals surface area contributed by atoms with Gasteiger partial charge in [-0.1, -0.05) is 99.6 Å². The summed E-state index contributed by atoms with van der Waals surface area (Å²) in [5, 5.41) is 0. The topological polar surface area (TPSA) is 80.8 Å². The summed E-state index contributed by atoms with van der Waals surface area (Å²) < 4.78 is 5.74. The summed E-state index contributed by atoms with van der Waals surface area (Å²) in [6.07, 6.45) is -0.831. The highest BCUT2D eigenvalue weighted by atomic mass is 35.5. The Balaban J connectivity index is 1.41. The van der Waals surface area contributed by atoms with E-state index in [0.29, 0.717) is 27.8 Å². The zero-order chi connectivity index (χ0) is 29.3. The maximum Gasteiger partial charge on any atom is 0.330 e. The van der Waals surface area contributed by atoms with Gasteiger partial charge in [-0.05, 0) is 34.6 Å². The predicted molar refractivity (Wildman–Crippen MR) is 155 cm³/mol. The second-order valence-corrected chi connectivity index (χ2v) is 12.5. The molecule has 8 heteroatoms. The lowest BCUT2D eigenvalue weighted by Crippen LogP contribution is -2.57. The maximum absolute atomic E-state index is 14.4. The van der Waals surface area contributed by atoms with Crippen LogP contribution in [0.4, 0.5) is 0 Å². The average Bonchev–Trinajstić information content (AvgIpc) is 3.25. The number of carbonyl (C=O) groups is 4. The van der Waals surface area contributed by atoms with E-state index in [-0.39, 0.29) is 12.2 Å². The molecule has 0 unspecified atom stereocenters. The summed E-state index contributed by atoms with van der Waals surface area (Å²) in [6.45, 7) is 5.21. The summed E-state index contributed by atoms with van der Waals surface area (Å²) in [5.41, 5.74) is 3.14. The standard InChI is InChI=1S/C33H29Cl2NO5/c1-4-24(28(37)19-12-6-5-7-13-19)41-31(40)27(18(2)3)36-29(38)25-26(30(36)39)33(35)21-15-9-8-14-20(21)32(25,34)22-16-10-11-17-23(22)33/h5-18,24-27H,4H2,1-3H3/t24-,25-,26+,27+,32?,33?/m1/s1. The quantitative estimate of drug-likeness (QED) is 0.150. The van der Waals surface area contributed by atoms with Crippen molar-refractivity contribution in [1.82, 2.24) is 4.90 Å². The molecule has 7 rings (SSSR count). The van der Waals surface area contributed by atoms with Gasteiger partial charge in [0.2, 0.25) is 17.6 Å². The number of nitrogens with zero attached hydrogens (tertiary/aromatic N) is 1. The Morgan fingerprint density at radius 3 is 1.59 bits per heavy atom. The lowest BCUT2D eigenvalue weighted by atomic mass is 9.54. The van der Waals surface area contributed by atoms with Crippen LogP contribution >= 0.6 is 23.2 Å². The van der Waals surface area contributed by atoms with Gasteiger partial charge in [-0.2, -0.15) is 0 Å². The zero-order valence-corrected chi connectivity index (χ0v) is 24.4. The Hall–Kier alpha value is -3.48. The first kappa shape index (κ1) is 27.7. The van der Waals surface area contributed by atoms with E-state index in [1.807, 2.05) is 48.5 Å². The minimum absolute atomic E-state index is 0.234. The highest BCUT2D eigenvalue weighted by molar-refractivity contribution is 6.36. The van der Waals surface area contributed by atoms with E-state index < -0.39 is 57.4 Å². The van der Waals surface area contributed by atoms with Crippen LogP contribution in [-0.2, 0) is 28.9 Å². The van der Waals surface area contributed by atoms with E-state index >= 15 is 0 Å². The normalized spacial score (nSPS) is 27.2. The van der Waals surface area contributed by atoms with Crippen molar-refractivity contribution in [1.29, 1.82) is 0 Å². The van der Waals surface area contributed by atoms with E-state index in [1.54, 1.807) is 51.1 Å². The van der Waals surface area contributed by atoms with E-state index in [1.165, 1.54) is 0 Å². The molecule has 1 heterocycles. The number of ketones is 1. The molecule has 210 valence electrons. The molecule has 0 saturated carbocycles. The summed E-state index contributed by atoms with van der Waals surface area (Å²) in [5.74, 6) is -4.85. The Labute approximate surface area is 248 Å². The number of alkyl halides is 2. The van der Waals surface area contributed by atoms with Crippen molar-refractivity contribution in [3.8, 4) is 0 Å². The molecule has 1 saturated heterocycles. The van der Waals surface area contributed by atoms with E-state index in [2.05, 4.69) is 0 Å². The number of hydrogen-bond acceptors (Lipinski definition) is 5. The van der Waals surface area contributed by atoms with Crippen LogP contribution in [0.3, 0.4) is 0 Å². The molecule has 2 bridgehead atoms. The van der Waals surface area contributed by atoms with Gasteiger partial charge in [0.1, 0.15) is 15.8 Å². The van der Waals surface area contributed by atoms with Crippen LogP contribution in [0.25, 0.3) is 0 Å². The first-order valence-corrected chi connectivity index (χ1v) is 14.6. The molecule has 0 aromatic heterocycles. The fraction of sp³-hybridized carbons (Fsp3) is 0.333. The van der Waals surface area contributed by atoms with Crippen LogP contribution in [0.15, 0.2) is 78.9 Å². The summed E-state index contributed by atoms with van der Waals surface area (Å²) >= 11 is 15.0. The van der Waals surface area contributed by atoms with E-state index in [4.69, 9.17) is 27.9 Å². The van der Waals surface area contributed by atoms with Crippen molar-refractivity contribution in [2.45, 2.75) is 49.1 Å². The van der Waals surface area contributed by atoms with Crippen LogP contribution < -0.4 is 0 Å². The monoisotopic (exact) mass is 589 g/mol. The van der Waals surface area contributed by atoms with Gasteiger partial charge >= 0.3 is 5.97 Å². The summed E-state index contributed by atoms with van der Waals surface area (Å²) in [7, 11) is 0. The predicted octanol–water partition coefficient (Wildman–Crippen LogP) is 5.81. The number of hydrogen-bond donors (Lipinski definition) is 0. The number of halogens is 2. The van der Waals surface area contributed by atoms with Gasteiger partial charge in [0, 0.05) is 5.56 Å². The number of Topliss-reactive ketones (excluding diaryl/α,β-unsaturated/α-hetero) is 1. The molecule has 4 atom stereocenters. The fourth-order valence-electron chi connectivity index (χ4n) is 6.96. The molecular weight excluding hydrogens is 561 g/mol. The third-order valence-corrected chi connectivity index (χ3v) is 10.0. The fourth-order valence-corrected chi connectivity index (χ4v) is 8.06. The van der Waals surface area contributed by atoms with Gasteiger partial charge in [-0.3, -0.25) is 19.3 Å². The van der Waals surface area contributed by atoms with Gasteiger partial charge < -0.3 is 4.74 Å². The van der Waals surface area contributed by atoms with Crippen LogP contribution in [0.1, 0.15) is 59.8 Å². The van der Waals surface area contributed by atoms with Gasteiger partial charge in [-0.15, -0.1) is 23.2 Å². The number of likely N-dealkylation sites (tertiary alicyclic amines) is 1. The number of ether oxygens (including phenoxy) is 1. The van der Waals surface area contributed by atoms with Crippen molar-refractivity contribution in [3.63, 3.8) is 0 Å². The molecule has 0 spiro atoms. The first-order chi connectivity index (χ1) is 19.6. The molecule has 0 N–H and O–H groups in total. The van der Waals surface area contributed by atoms with Crippen LogP contribution in [0, 0.1) is 17.8 Å². The molecule has 3 aromatic carbocycles.